The van der Waals surface area contributed by atoms with Crippen molar-refractivity contribution in [3.8, 4) is 0 Å². The third kappa shape index (κ3) is 4.09. The molecule has 1 aliphatic heterocycles. The summed E-state index contributed by atoms with van der Waals surface area (Å²) in [6.45, 7) is 2.37. The Morgan fingerprint density at radius 1 is 1.10 bits per heavy atom. The first-order valence-corrected chi connectivity index (χ1v) is 9.89. The molecule has 5 heteroatoms. The number of rotatable bonds is 5. The van der Waals surface area contributed by atoms with E-state index in [1.807, 2.05) is 35.2 Å². The van der Waals surface area contributed by atoms with Gasteiger partial charge in [-0.3, -0.25) is 9.59 Å². The number of hydrogen-bond donors (Lipinski definition) is 1. The van der Waals surface area contributed by atoms with Crippen LogP contribution in [0.1, 0.15) is 40.0 Å². The Labute approximate surface area is 170 Å². The fraction of sp³-hybridized carbons (Fsp3) is 0.250. The molecular formula is C24H24N2O3. The van der Waals surface area contributed by atoms with Gasteiger partial charge in [-0.1, -0.05) is 54.6 Å². The number of fused-ring (bicyclic) bond motifs is 1. The van der Waals surface area contributed by atoms with Gasteiger partial charge in [0.1, 0.15) is 12.3 Å². The standard InChI is InChI=1S/C24H24N2O3/c1-17(25-23(27)20-12-14-29-16-20)24(28)26-13-11-19-9-5-6-10-21(19)22(26)15-18-7-3-2-4-8-18/h2-10,12,14,16-17,22H,11,13,15H2,1H3,(H,25,27)/t17-,22+/m0/s1. The number of hydrogen-bond acceptors (Lipinski definition) is 3. The van der Waals surface area contributed by atoms with Gasteiger partial charge >= 0.3 is 0 Å². The number of nitrogens with zero attached hydrogens (tertiary/aromatic N) is 1. The van der Waals surface area contributed by atoms with Crippen LogP contribution in [0, 0.1) is 0 Å². The lowest BCUT2D eigenvalue weighted by Gasteiger charge is -2.39. The molecule has 5 nitrogen and oxygen atoms in total. The molecule has 1 N–H and O–H groups in total. The highest BCUT2D eigenvalue weighted by Gasteiger charge is 2.33. The van der Waals surface area contributed by atoms with Crippen LogP contribution in [-0.4, -0.2) is 29.3 Å². The van der Waals surface area contributed by atoms with E-state index in [1.54, 1.807) is 13.0 Å². The Bertz CT molecular complexity index is 982. The normalized spacial score (nSPS) is 16.7. The molecule has 1 aromatic heterocycles. The molecule has 0 fully saturated rings. The van der Waals surface area contributed by atoms with Gasteiger partial charge in [0.25, 0.3) is 5.91 Å². The van der Waals surface area contributed by atoms with Gasteiger partial charge in [-0.05, 0) is 42.5 Å². The van der Waals surface area contributed by atoms with Gasteiger partial charge in [0.05, 0.1) is 17.9 Å². The topological polar surface area (TPSA) is 62.6 Å². The Morgan fingerprint density at radius 2 is 1.86 bits per heavy atom. The highest BCUT2D eigenvalue weighted by molar-refractivity contribution is 5.97. The fourth-order valence-corrected chi connectivity index (χ4v) is 3.96. The first kappa shape index (κ1) is 19.0. The van der Waals surface area contributed by atoms with E-state index in [0.717, 1.165) is 12.8 Å². The predicted molar refractivity (Wildman–Crippen MR) is 110 cm³/mol. The summed E-state index contributed by atoms with van der Waals surface area (Å²) in [6, 6.07) is 19.4. The second-order valence-electron chi connectivity index (χ2n) is 7.39. The van der Waals surface area contributed by atoms with Crippen molar-refractivity contribution >= 4 is 11.8 Å². The van der Waals surface area contributed by atoms with Crippen molar-refractivity contribution in [2.45, 2.75) is 31.8 Å². The van der Waals surface area contributed by atoms with Crippen LogP contribution in [0.3, 0.4) is 0 Å². The summed E-state index contributed by atoms with van der Waals surface area (Å²) in [5.74, 6) is -0.381. The monoisotopic (exact) mass is 388 g/mol. The van der Waals surface area contributed by atoms with Gasteiger partial charge in [0.2, 0.25) is 5.91 Å². The Morgan fingerprint density at radius 3 is 2.62 bits per heavy atom. The maximum absolute atomic E-state index is 13.3. The summed E-state index contributed by atoms with van der Waals surface area (Å²) >= 11 is 0. The van der Waals surface area contributed by atoms with E-state index < -0.39 is 6.04 Å². The molecule has 0 spiro atoms. The zero-order valence-corrected chi connectivity index (χ0v) is 16.4. The van der Waals surface area contributed by atoms with Crippen LogP contribution in [0.4, 0.5) is 0 Å². The van der Waals surface area contributed by atoms with Gasteiger partial charge in [-0.25, -0.2) is 0 Å². The van der Waals surface area contributed by atoms with E-state index in [1.165, 1.54) is 29.2 Å². The molecule has 4 rings (SSSR count). The third-order valence-corrected chi connectivity index (χ3v) is 5.47. The average molecular weight is 388 g/mol. The van der Waals surface area contributed by atoms with Crippen molar-refractivity contribution in [1.29, 1.82) is 0 Å². The Kier molecular flexibility index (Phi) is 5.47. The zero-order valence-electron chi connectivity index (χ0n) is 16.4. The molecule has 0 aliphatic carbocycles. The molecule has 2 heterocycles. The van der Waals surface area contributed by atoms with Crippen LogP contribution in [0.15, 0.2) is 77.6 Å². The smallest absolute Gasteiger partial charge is 0.255 e. The summed E-state index contributed by atoms with van der Waals surface area (Å²) < 4.78 is 4.96. The molecule has 29 heavy (non-hydrogen) atoms. The summed E-state index contributed by atoms with van der Waals surface area (Å²) in [5, 5.41) is 2.80. The summed E-state index contributed by atoms with van der Waals surface area (Å²) in [7, 11) is 0. The van der Waals surface area contributed by atoms with Crippen molar-refractivity contribution < 1.29 is 14.0 Å². The minimum Gasteiger partial charge on any atom is -0.472 e. The van der Waals surface area contributed by atoms with Crippen LogP contribution in [0.5, 0.6) is 0 Å². The van der Waals surface area contributed by atoms with E-state index >= 15 is 0 Å². The van der Waals surface area contributed by atoms with Crippen LogP contribution in [-0.2, 0) is 17.6 Å². The molecule has 0 unspecified atom stereocenters. The maximum Gasteiger partial charge on any atom is 0.255 e. The van der Waals surface area contributed by atoms with Crippen LogP contribution in [0.25, 0.3) is 0 Å². The first-order chi connectivity index (χ1) is 14.1. The summed E-state index contributed by atoms with van der Waals surface area (Å²) in [6.07, 6.45) is 4.38. The van der Waals surface area contributed by atoms with Crippen molar-refractivity contribution in [3.05, 3.63) is 95.4 Å². The van der Waals surface area contributed by atoms with Crippen LogP contribution < -0.4 is 5.32 Å². The van der Waals surface area contributed by atoms with E-state index in [9.17, 15) is 9.59 Å². The van der Waals surface area contributed by atoms with Crippen molar-refractivity contribution in [3.63, 3.8) is 0 Å². The largest absolute Gasteiger partial charge is 0.472 e. The summed E-state index contributed by atoms with van der Waals surface area (Å²) in [4.78, 5) is 27.5. The van der Waals surface area contributed by atoms with E-state index in [2.05, 4.69) is 29.6 Å². The lowest BCUT2D eigenvalue weighted by Crippen LogP contribution is -2.50. The minimum atomic E-state index is -0.624. The van der Waals surface area contributed by atoms with Gasteiger partial charge < -0.3 is 14.6 Å². The first-order valence-electron chi connectivity index (χ1n) is 9.89. The van der Waals surface area contributed by atoms with Gasteiger partial charge in [0.15, 0.2) is 0 Å². The number of furan rings is 1. The van der Waals surface area contributed by atoms with Gasteiger partial charge in [-0.15, -0.1) is 0 Å². The molecule has 0 bridgehead atoms. The molecule has 1 aliphatic rings. The van der Waals surface area contributed by atoms with Gasteiger partial charge in [-0.2, -0.15) is 0 Å². The van der Waals surface area contributed by atoms with Crippen molar-refractivity contribution in [2.24, 2.45) is 0 Å². The Hall–Kier alpha value is -3.34. The van der Waals surface area contributed by atoms with E-state index in [-0.39, 0.29) is 17.9 Å². The van der Waals surface area contributed by atoms with Crippen molar-refractivity contribution in [2.75, 3.05) is 6.54 Å². The van der Waals surface area contributed by atoms with Gasteiger partial charge in [0, 0.05) is 6.54 Å². The third-order valence-electron chi connectivity index (χ3n) is 5.47. The second kappa shape index (κ2) is 8.35. The molecule has 0 saturated carbocycles. The predicted octanol–water partition coefficient (Wildman–Crippen LogP) is 3.77. The number of carbonyl (C=O) groups excluding carboxylic acids is 2. The van der Waals surface area contributed by atoms with Crippen molar-refractivity contribution in [1.82, 2.24) is 10.2 Å². The molecule has 2 amide bonds. The maximum atomic E-state index is 13.3. The van der Waals surface area contributed by atoms with E-state index in [0.29, 0.717) is 12.1 Å². The van der Waals surface area contributed by atoms with E-state index in [4.69, 9.17) is 4.42 Å². The molecular weight excluding hydrogens is 364 g/mol. The SMILES string of the molecule is C[C@H](NC(=O)c1ccoc1)C(=O)N1CCc2ccccc2[C@H]1Cc1ccccc1. The fourth-order valence-electron chi connectivity index (χ4n) is 3.96. The molecule has 2 atom stereocenters. The molecule has 2 aromatic carbocycles. The number of benzene rings is 2. The van der Waals surface area contributed by atoms with Crippen LogP contribution in [0.2, 0.25) is 0 Å². The number of carbonyl (C=O) groups is 2. The quantitative estimate of drug-likeness (QED) is 0.724. The molecule has 148 valence electrons. The lowest BCUT2D eigenvalue weighted by molar-refractivity contribution is -0.135. The highest BCUT2D eigenvalue weighted by atomic mass is 16.3. The Balaban J connectivity index is 1.57. The van der Waals surface area contributed by atoms with Crippen LogP contribution >= 0.6 is 0 Å². The molecule has 0 radical (unpaired) electrons. The zero-order chi connectivity index (χ0) is 20.2. The minimum absolute atomic E-state index is 0.0527. The number of amides is 2. The second-order valence-corrected chi connectivity index (χ2v) is 7.39. The molecule has 0 saturated heterocycles. The highest BCUT2D eigenvalue weighted by Crippen LogP contribution is 2.33. The average Bonchev–Trinajstić information content (AvgIpc) is 3.29. The summed E-state index contributed by atoms with van der Waals surface area (Å²) in [5.41, 5.74) is 4.06. The molecule has 3 aromatic rings. The number of nitrogens with one attached hydrogen (secondary N) is 1. The lowest BCUT2D eigenvalue weighted by atomic mass is 9.88.